The van der Waals surface area contributed by atoms with Crippen LogP contribution in [0.5, 0.6) is 5.75 Å². The number of hydrogen-bond donors (Lipinski definition) is 2. The third-order valence-corrected chi connectivity index (χ3v) is 6.73. The molecular weight excluding hydrogens is 332 g/mol. The highest BCUT2D eigenvalue weighted by molar-refractivity contribution is 5.85. The number of benzene rings is 2. The van der Waals surface area contributed by atoms with Crippen LogP contribution in [0.4, 0.5) is 0 Å². The fraction of sp³-hybridized carbons (Fsp3) is 0.417. The molecule has 2 N–H and O–H groups in total. The summed E-state index contributed by atoms with van der Waals surface area (Å²) in [5, 5.41) is 11.0. The second-order valence-corrected chi connectivity index (χ2v) is 8.45. The summed E-state index contributed by atoms with van der Waals surface area (Å²) in [5.74, 6) is 0.915. The molecule has 0 radical (unpaired) electrons. The van der Waals surface area contributed by atoms with Gasteiger partial charge in [-0.1, -0.05) is 30.3 Å². The number of nitrogens with zero attached hydrogens (tertiary/aromatic N) is 1. The van der Waals surface area contributed by atoms with Crippen LogP contribution in [0.3, 0.4) is 0 Å². The van der Waals surface area contributed by atoms with E-state index in [2.05, 4.69) is 61.2 Å². The molecule has 0 unspecified atom stereocenters. The lowest BCUT2D eigenvalue weighted by molar-refractivity contribution is 0.0920. The number of phenolic OH excluding ortho intramolecular Hbond substituents is 1. The van der Waals surface area contributed by atoms with Crippen molar-refractivity contribution in [2.45, 2.75) is 50.5 Å². The SMILES string of the molecule is Cc1c(C2CCC(Cc3ccccc3)(N(C)C)CC2)[nH]c2ccc(O)cc12. The molecule has 3 nitrogen and oxygen atoms in total. The van der Waals surface area contributed by atoms with Crippen molar-refractivity contribution in [2.24, 2.45) is 0 Å². The van der Waals surface area contributed by atoms with Crippen LogP contribution >= 0.6 is 0 Å². The number of aromatic hydroxyl groups is 1. The van der Waals surface area contributed by atoms with Gasteiger partial charge in [-0.15, -0.1) is 0 Å². The summed E-state index contributed by atoms with van der Waals surface area (Å²) in [6, 6.07) is 16.5. The Kier molecular flexibility index (Phi) is 4.73. The Morgan fingerprint density at radius 1 is 1.07 bits per heavy atom. The van der Waals surface area contributed by atoms with E-state index >= 15 is 0 Å². The first kappa shape index (κ1) is 18.1. The lowest BCUT2D eigenvalue weighted by atomic mass is 9.71. The molecule has 142 valence electrons. The molecule has 4 rings (SSSR count). The van der Waals surface area contributed by atoms with E-state index in [1.807, 2.05) is 12.1 Å². The van der Waals surface area contributed by atoms with Gasteiger partial charge in [-0.05, 0) is 88.4 Å². The molecule has 0 atom stereocenters. The Morgan fingerprint density at radius 3 is 2.44 bits per heavy atom. The molecule has 1 aromatic heterocycles. The van der Waals surface area contributed by atoms with Gasteiger partial charge in [0.1, 0.15) is 5.75 Å². The van der Waals surface area contributed by atoms with Gasteiger partial charge in [-0.3, -0.25) is 0 Å². The van der Waals surface area contributed by atoms with Crippen molar-refractivity contribution in [3.8, 4) is 5.75 Å². The third kappa shape index (κ3) is 3.37. The molecule has 1 aliphatic rings. The normalized spacial score (nSPS) is 23.2. The lowest BCUT2D eigenvalue weighted by Gasteiger charge is -2.45. The van der Waals surface area contributed by atoms with Crippen LogP contribution in [-0.2, 0) is 6.42 Å². The highest BCUT2D eigenvalue weighted by atomic mass is 16.3. The quantitative estimate of drug-likeness (QED) is 0.654. The van der Waals surface area contributed by atoms with Crippen LogP contribution in [0.15, 0.2) is 48.5 Å². The van der Waals surface area contributed by atoms with E-state index in [0.717, 1.165) is 17.3 Å². The minimum absolute atomic E-state index is 0.246. The third-order valence-electron chi connectivity index (χ3n) is 6.73. The molecule has 0 spiro atoms. The molecular formula is C24H30N2O. The van der Waals surface area contributed by atoms with Crippen molar-refractivity contribution in [1.29, 1.82) is 0 Å². The fourth-order valence-electron chi connectivity index (χ4n) is 4.95. The van der Waals surface area contributed by atoms with Gasteiger partial charge >= 0.3 is 0 Å². The summed E-state index contributed by atoms with van der Waals surface area (Å²) in [6.45, 7) is 2.19. The fourth-order valence-corrected chi connectivity index (χ4v) is 4.95. The van der Waals surface area contributed by atoms with Gasteiger partial charge in [0.05, 0.1) is 0 Å². The van der Waals surface area contributed by atoms with Crippen LogP contribution in [0, 0.1) is 6.92 Å². The van der Waals surface area contributed by atoms with E-state index in [9.17, 15) is 5.11 Å². The van der Waals surface area contributed by atoms with Crippen molar-refractivity contribution in [1.82, 2.24) is 9.88 Å². The van der Waals surface area contributed by atoms with E-state index in [1.165, 1.54) is 42.5 Å². The molecule has 1 aliphatic carbocycles. The summed E-state index contributed by atoms with van der Waals surface area (Å²) in [5.41, 5.74) is 5.47. The maximum absolute atomic E-state index is 9.82. The Balaban J connectivity index is 1.56. The molecule has 27 heavy (non-hydrogen) atoms. The van der Waals surface area contributed by atoms with E-state index in [1.54, 1.807) is 6.07 Å². The zero-order valence-corrected chi connectivity index (χ0v) is 16.6. The Bertz CT molecular complexity index is 918. The number of aryl methyl sites for hydroxylation is 1. The Morgan fingerprint density at radius 2 is 1.78 bits per heavy atom. The second-order valence-electron chi connectivity index (χ2n) is 8.45. The summed E-state index contributed by atoms with van der Waals surface area (Å²) < 4.78 is 0. The van der Waals surface area contributed by atoms with Gasteiger partial charge in [0.15, 0.2) is 0 Å². The first-order valence-corrected chi connectivity index (χ1v) is 10.0. The topological polar surface area (TPSA) is 39.3 Å². The summed E-state index contributed by atoms with van der Waals surface area (Å²) in [4.78, 5) is 6.09. The molecule has 0 amide bonds. The Labute approximate surface area is 162 Å². The number of H-pyrrole nitrogens is 1. The number of rotatable bonds is 4. The van der Waals surface area contributed by atoms with Gasteiger partial charge in [0.2, 0.25) is 0 Å². The maximum atomic E-state index is 9.82. The molecule has 0 saturated heterocycles. The molecule has 1 saturated carbocycles. The first-order chi connectivity index (χ1) is 13.0. The molecule has 0 bridgehead atoms. The number of fused-ring (bicyclic) bond motifs is 1. The molecule has 3 aromatic rings. The number of likely N-dealkylation sites (N-methyl/N-ethyl adjacent to an activating group) is 1. The number of phenols is 1. The molecule has 1 fully saturated rings. The number of aromatic amines is 1. The highest BCUT2D eigenvalue weighted by Crippen LogP contribution is 2.43. The largest absolute Gasteiger partial charge is 0.508 e. The van der Waals surface area contributed by atoms with Crippen LogP contribution in [0.2, 0.25) is 0 Å². The average molecular weight is 363 g/mol. The highest BCUT2D eigenvalue weighted by Gasteiger charge is 2.38. The molecule has 0 aliphatic heterocycles. The van der Waals surface area contributed by atoms with Crippen LogP contribution in [-0.4, -0.2) is 34.6 Å². The minimum Gasteiger partial charge on any atom is -0.508 e. The van der Waals surface area contributed by atoms with Crippen molar-refractivity contribution < 1.29 is 5.11 Å². The molecule has 2 aromatic carbocycles. The van der Waals surface area contributed by atoms with Gasteiger partial charge < -0.3 is 15.0 Å². The van der Waals surface area contributed by atoms with E-state index in [0.29, 0.717) is 11.7 Å². The number of aromatic nitrogens is 1. The minimum atomic E-state index is 0.246. The van der Waals surface area contributed by atoms with Crippen LogP contribution in [0.25, 0.3) is 10.9 Å². The standard InChI is InChI=1S/C24H30N2O/c1-17-21-15-20(27)9-10-22(21)25-23(17)19-11-13-24(14-12-19,26(2)3)16-18-7-5-4-6-8-18/h4-10,15,19,25,27H,11-14,16H2,1-3H3. The predicted octanol–water partition coefficient (Wildman–Crippen LogP) is 5.38. The zero-order chi connectivity index (χ0) is 19.0. The average Bonchev–Trinajstić information content (AvgIpc) is 2.99. The zero-order valence-electron chi connectivity index (χ0n) is 16.6. The first-order valence-electron chi connectivity index (χ1n) is 10.0. The Hall–Kier alpha value is -2.26. The van der Waals surface area contributed by atoms with Gasteiger partial charge in [0.25, 0.3) is 0 Å². The van der Waals surface area contributed by atoms with Crippen LogP contribution in [0.1, 0.15) is 48.4 Å². The predicted molar refractivity (Wildman–Crippen MR) is 112 cm³/mol. The van der Waals surface area contributed by atoms with Crippen molar-refractivity contribution in [2.75, 3.05) is 14.1 Å². The maximum Gasteiger partial charge on any atom is 0.116 e. The molecule has 3 heteroatoms. The van der Waals surface area contributed by atoms with Gasteiger partial charge in [0, 0.05) is 22.1 Å². The number of nitrogens with one attached hydrogen (secondary N) is 1. The summed E-state index contributed by atoms with van der Waals surface area (Å²) in [6.07, 6.45) is 5.93. The van der Waals surface area contributed by atoms with E-state index < -0.39 is 0 Å². The van der Waals surface area contributed by atoms with Gasteiger partial charge in [-0.25, -0.2) is 0 Å². The van der Waals surface area contributed by atoms with Gasteiger partial charge in [-0.2, -0.15) is 0 Å². The molecule has 1 heterocycles. The lowest BCUT2D eigenvalue weighted by Crippen LogP contribution is -2.48. The van der Waals surface area contributed by atoms with E-state index in [4.69, 9.17) is 0 Å². The smallest absolute Gasteiger partial charge is 0.116 e. The van der Waals surface area contributed by atoms with Crippen molar-refractivity contribution in [3.05, 3.63) is 65.4 Å². The second kappa shape index (κ2) is 7.05. The monoisotopic (exact) mass is 362 g/mol. The summed E-state index contributed by atoms with van der Waals surface area (Å²) in [7, 11) is 4.47. The van der Waals surface area contributed by atoms with Crippen LogP contribution < -0.4 is 0 Å². The summed E-state index contributed by atoms with van der Waals surface area (Å²) >= 11 is 0. The van der Waals surface area contributed by atoms with Crippen molar-refractivity contribution in [3.63, 3.8) is 0 Å². The number of hydrogen-bond acceptors (Lipinski definition) is 2. The van der Waals surface area contributed by atoms with Crippen molar-refractivity contribution >= 4 is 10.9 Å². The van der Waals surface area contributed by atoms with E-state index in [-0.39, 0.29) is 5.54 Å².